The minimum Gasteiger partial charge on any atom is -0.409 e. The van der Waals surface area contributed by atoms with Gasteiger partial charge >= 0.3 is 0 Å². The van der Waals surface area contributed by atoms with Crippen molar-refractivity contribution in [3.8, 4) is 0 Å². The van der Waals surface area contributed by atoms with Crippen molar-refractivity contribution in [2.45, 2.75) is 32.9 Å². The maximum atomic E-state index is 8.50. The lowest BCUT2D eigenvalue weighted by atomic mass is 9.87. The van der Waals surface area contributed by atoms with E-state index in [0.29, 0.717) is 6.61 Å². The number of hydrogen-bond donors (Lipinski definition) is 3. The Hall–Kier alpha value is -0.810. The monoisotopic (exact) mass is 201 g/mol. The summed E-state index contributed by atoms with van der Waals surface area (Å²) in [4.78, 5) is 0. The number of oxime groups is 1. The highest BCUT2D eigenvalue weighted by molar-refractivity contribution is 5.84. The summed E-state index contributed by atoms with van der Waals surface area (Å²) in [6.07, 6.45) is 0. The van der Waals surface area contributed by atoms with Gasteiger partial charge in [0.1, 0.15) is 0 Å². The molecule has 0 radical (unpaired) electrons. The lowest BCUT2D eigenvalue weighted by Gasteiger charge is -2.28. The van der Waals surface area contributed by atoms with Gasteiger partial charge in [-0.2, -0.15) is 0 Å². The van der Waals surface area contributed by atoms with Crippen molar-refractivity contribution in [2.24, 2.45) is 16.3 Å². The van der Waals surface area contributed by atoms with Crippen LogP contribution in [0.4, 0.5) is 0 Å². The van der Waals surface area contributed by atoms with E-state index in [9.17, 15) is 0 Å². The molecule has 0 aliphatic carbocycles. The molecule has 1 heterocycles. The molecule has 5 nitrogen and oxygen atoms in total. The number of ether oxygens (including phenoxy) is 1. The molecule has 1 aliphatic heterocycles. The number of amidine groups is 1. The van der Waals surface area contributed by atoms with E-state index in [-0.39, 0.29) is 23.3 Å². The van der Waals surface area contributed by atoms with Gasteiger partial charge in [-0.15, -0.1) is 0 Å². The van der Waals surface area contributed by atoms with Crippen LogP contribution in [0.15, 0.2) is 5.16 Å². The van der Waals surface area contributed by atoms with Gasteiger partial charge in [0.15, 0.2) is 5.84 Å². The zero-order valence-electron chi connectivity index (χ0n) is 8.95. The molecule has 0 aromatic heterocycles. The Morgan fingerprint density at radius 3 is 2.79 bits per heavy atom. The van der Waals surface area contributed by atoms with Gasteiger partial charge in [0.2, 0.25) is 0 Å². The zero-order chi connectivity index (χ0) is 10.8. The number of nitrogens with one attached hydrogen (secondary N) is 1. The fourth-order valence-electron chi connectivity index (χ4n) is 1.51. The average molecular weight is 201 g/mol. The highest BCUT2D eigenvalue weighted by atomic mass is 16.5. The molecule has 0 spiro atoms. The highest BCUT2D eigenvalue weighted by Gasteiger charge is 2.36. The van der Waals surface area contributed by atoms with Crippen LogP contribution in [0.3, 0.4) is 0 Å². The fourth-order valence-corrected chi connectivity index (χ4v) is 1.51. The van der Waals surface area contributed by atoms with E-state index < -0.39 is 0 Å². The summed E-state index contributed by atoms with van der Waals surface area (Å²) in [6, 6.07) is 0.115. The van der Waals surface area contributed by atoms with Crippen LogP contribution in [0.25, 0.3) is 0 Å². The Morgan fingerprint density at radius 2 is 2.36 bits per heavy atom. The van der Waals surface area contributed by atoms with E-state index in [0.717, 1.165) is 6.61 Å². The molecule has 82 valence electrons. The van der Waals surface area contributed by atoms with Crippen LogP contribution in [0.5, 0.6) is 0 Å². The lowest BCUT2D eigenvalue weighted by Crippen LogP contribution is -2.50. The van der Waals surface area contributed by atoms with Gasteiger partial charge in [-0.25, -0.2) is 0 Å². The number of nitrogens with two attached hydrogens (primary N) is 1. The van der Waals surface area contributed by atoms with Gasteiger partial charge < -0.3 is 21.0 Å². The van der Waals surface area contributed by atoms with Crippen LogP contribution in [-0.4, -0.2) is 36.3 Å². The first-order valence-electron chi connectivity index (χ1n) is 4.78. The molecule has 1 saturated heterocycles. The predicted octanol–water partition coefficient (Wildman–Crippen LogP) is 0.136. The first-order valence-corrected chi connectivity index (χ1v) is 4.78. The highest BCUT2D eigenvalue weighted by Crippen LogP contribution is 2.27. The molecule has 0 aromatic rings. The second kappa shape index (κ2) is 4.14. The summed E-state index contributed by atoms with van der Waals surface area (Å²) >= 11 is 0. The molecule has 5 heteroatoms. The fraction of sp³-hybridized carbons (Fsp3) is 0.889. The molecule has 0 amide bonds. The Kier molecular flexibility index (Phi) is 3.34. The first-order chi connectivity index (χ1) is 6.47. The van der Waals surface area contributed by atoms with Crippen molar-refractivity contribution in [3.63, 3.8) is 0 Å². The van der Waals surface area contributed by atoms with Crippen LogP contribution >= 0.6 is 0 Å². The molecule has 1 aliphatic rings. The normalized spacial score (nSPS) is 29.1. The molecular weight excluding hydrogens is 182 g/mol. The lowest BCUT2D eigenvalue weighted by molar-refractivity contribution is 0.166. The third-order valence-electron chi connectivity index (χ3n) is 2.71. The Balaban J connectivity index is 2.52. The second-order valence-electron chi connectivity index (χ2n) is 4.47. The first kappa shape index (κ1) is 11.3. The van der Waals surface area contributed by atoms with Crippen LogP contribution in [-0.2, 0) is 4.74 Å². The summed E-state index contributed by atoms with van der Waals surface area (Å²) in [5, 5.41) is 14.7. The van der Waals surface area contributed by atoms with Crippen molar-refractivity contribution in [1.29, 1.82) is 0 Å². The summed E-state index contributed by atoms with van der Waals surface area (Å²) in [5.41, 5.74) is 5.58. The third-order valence-corrected chi connectivity index (χ3v) is 2.71. The van der Waals surface area contributed by atoms with Gasteiger partial charge in [-0.3, -0.25) is 0 Å². The van der Waals surface area contributed by atoms with E-state index >= 15 is 0 Å². The van der Waals surface area contributed by atoms with Crippen LogP contribution < -0.4 is 11.1 Å². The summed E-state index contributed by atoms with van der Waals surface area (Å²) in [6.45, 7) is 7.56. The molecule has 2 unspecified atom stereocenters. The largest absolute Gasteiger partial charge is 0.409 e. The molecule has 1 fully saturated rings. The quantitative estimate of drug-likeness (QED) is 0.262. The van der Waals surface area contributed by atoms with E-state index in [4.69, 9.17) is 15.7 Å². The van der Waals surface area contributed by atoms with Crippen molar-refractivity contribution in [1.82, 2.24) is 5.32 Å². The van der Waals surface area contributed by atoms with Crippen LogP contribution in [0.2, 0.25) is 0 Å². The van der Waals surface area contributed by atoms with Crippen LogP contribution in [0, 0.1) is 5.41 Å². The van der Waals surface area contributed by atoms with Crippen molar-refractivity contribution >= 4 is 5.84 Å². The second-order valence-corrected chi connectivity index (χ2v) is 4.47. The zero-order valence-corrected chi connectivity index (χ0v) is 8.95. The Labute approximate surface area is 84.3 Å². The number of nitrogens with zero attached hydrogens (tertiary/aromatic N) is 1. The Morgan fingerprint density at radius 1 is 1.71 bits per heavy atom. The maximum absolute atomic E-state index is 8.50. The molecule has 1 rings (SSSR count). The van der Waals surface area contributed by atoms with Crippen molar-refractivity contribution in [2.75, 3.05) is 13.2 Å². The maximum Gasteiger partial charge on any atom is 0.156 e. The van der Waals surface area contributed by atoms with Gasteiger partial charge in [-0.1, -0.05) is 19.0 Å². The van der Waals surface area contributed by atoms with Gasteiger partial charge in [0.25, 0.3) is 0 Å². The standard InChI is InChI=1S/C9H19N3O2/c1-6(8(10)12-13)11-7-4-14-5-9(7,2)3/h6-7,11,13H,4-5H2,1-3H3,(H2,10,12). The predicted molar refractivity (Wildman–Crippen MR) is 54.4 cm³/mol. The SMILES string of the molecule is CC(NC1COCC1(C)C)/C(N)=N/O. The topological polar surface area (TPSA) is 79.9 Å². The smallest absolute Gasteiger partial charge is 0.156 e. The molecule has 0 bridgehead atoms. The molecule has 0 aromatic carbocycles. The summed E-state index contributed by atoms with van der Waals surface area (Å²) < 4.78 is 5.38. The van der Waals surface area contributed by atoms with E-state index in [1.54, 1.807) is 0 Å². The van der Waals surface area contributed by atoms with Crippen molar-refractivity contribution < 1.29 is 9.94 Å². The van der Waals surface area contributed by atoms with E-state index in [1.807, 2.05) is 6.92 Å². The minimum absolute atomic E-state index is 0.101. The van der Waals surface area contributed by atoms with Gasteiger partial charge in [0, 0.05) is 11.5 Å². The van der Waals surface area contributed by atoms with Crippen molar-refractivity contribution in [3.05, 3.63) is 0 Å². The molecule has 2 atom stereocenters. The molecule has 14 heavy (non-hydrogen) atoms. The summed E-state index contributed by atoms with van der Waals surface area (Å²) in [5.74, 6) is 0.202. The van der Waals surface area contributed by atoms with Gasteiger partial charge in [0.05, 0.1) is 19.3 Å². The number of rotatable bonds is 3. The van der Waals surface area contributed by atoms with E-state index in [1.165, 1.54) is 0 Å². The molecular formula is C9H19N3O2. The van der Waals surface area contributed by atoms with Gasteiger partial charge in [-0.05, 0) is 6.92 Å². The Bertz CT molecular complexity index is 228. The third kappa shape index (κ3) is 2.36. The number of hydrogen-bond acceptors (Lipinski definition) is 4. The average Bonchev–Trinajstić information content (AvgIpc) is 2.44. The summed E-state index contributed by atoms with van der Waals surface area (Å²) in [7, 11) is 0. The minimum atomic E-state index is -0.133. The van der Waals surface area contributed by atoms with Crippen LogP contribution in [0.1, 0.15) is 20.8 Å². The molecule has 4 N–H and O–H groups in total. The molecule has 0 saturated carbocycles. The van der Waals surface area contributed by atoms with E-state index in [2.05, 4.69) is 24.3 Å².